The molecule has 1 amide bonds. The van der Waals surface area contributed by atoms with Gasteiger partial charge in [-0.25, -0.2) is 0 Å². The Morgan fingerprint density at radius 2 is 2.17 bits per heavy atom. The average molecular weight is 346 g/mol. The van der Waals surface area contributed by atoms with Crippen molar-refractivity contribution in [3.8, 4) is 0 Å². The number of benzene rings is 1. The number of hydrogen-bond acceptors (Lipinski definition) is 6. The number of nitrogens with one attached hydrogen (secondary N) is 1. The van der Waals surface area contributed by atoms with Gasteiger partial charge in [0.15, 0.2) is 0 Å². The molecule has 1 aliphatic heterocycles. The molecule has 1 aliphatic rings. The molecule has 1 aromatic carbocycles. The number of rotatable bonds is 5. The molecule has 0 unspecified atom stereocenters. The molecular formula is C17H22N4O2S. The maximum Gasteiger partial charge on any atom is 0.256 e. The molecule has 0 saturated carbocycles. The molecule has 0 radical (unpaired) electrons. The van der Waals surface area contributed by atoms with Crippen molar-refractivity contribution in [3.05, 3.63) is 39.8 Å². The van der Waals surface area contributed by atoms with E-state index in [0.717, 1.165) is 35.0 Å². The van der Waals surface area contributed by atoms with E-state index in [1.165, 1.54) is 0 Å². The molecule has 1 aromatic heterocycles. The van der Waals surface area contributed by atoms with Gasteiger partial charge < -0.3 is 15.3 Å². The molecule has 0 bridgehead atoms. The minimum Gasteiger partial charge on any atom is -0.391 e. The lowest BCUT2D eigenvalue weighted by molar-refractivity contribution is 0.0474. The third-order valence-electron chi connectivity index (χ3n) is 4.08. The molecule has 3 rings (SSSR count). The third-order valence-corrected chi connectivity index (χ3v) is 5.15. The fourth-order valence-electron chi connectivity index (χ4n) is 2.81. The van der Waals surface area contributed by atoms with Crippen molar-refractivity contribution >= 4 is 22.9 Å². The molecule has 128 valence electrons. The summed E-state index contributed by atoms with van der Waals surface area (Å²) in [5.41, 5.74) is 1.42. The van der Waals surface area contributed by atoms with Crippen LogP contribution in [0.15, 0.2) is 24.3 Å². The summed E-state index contributed by atoms with van der Waals surface area (Å²) in [6.07, 6.45) is 2.06. The number of aryl methyl sites for hydroxylation is 1. The standard InChI is InChI=1S/C17H22N4O2S/c1-2-15-19-20-16(24-15)10-18-14-8-4-3-7-13(14)17(23)21-9-5-6-12(22)11-21/h3-4,7-8,12,18,22H,2,5-6,9-11H2,1H3/t12-/m0/s1. The Hall–Kier alpha value is -1.99. The van der Waals surface area contributed by atoms with Crippen LogP contribution in [-0.2, 0) is 13.0 Å². The SMILES string of the molecule is CCc1nnc(CNc2ccccc2C(=O)N2CCC[C@H](O)C2)s1. The van der Waals surface area contributed by atoms with Gasteiger partial charge in [0.25, 0.3) is 5.91 Å². The molecule has 24 heavy (non-hydrogen) atoms. The molecule has 1 fully saturated rings. The highest BCUT2D eigenvalue weighted by Crippen LogP contribution is 2.21. The van der Waals surface area contributed by atoms with E-state index in [2.05, 4.69) is 22.4 Å². The zero-order chi connectivity index (χ0) is 16.9. The third kappa shape index (κ3) is 3.91. The smallest absolute Gasteiger partial charge is 0.256 e. The quantitative estimate of drug-likeness (QED) is 0.869. The van der Waals surface area contributed by atoms with Gasteiger partial charge in [0.1, 0.15) is 10.0 Å². The number of nitrogens with zero attached hydrogens (tertiary/aromatic N) is 3. The second-order valence-electron chi connectivity index (χ2n) is 5.89. The van der Waals surface area contributed by atoms with E-state index in [4.69, 9.17) is 0 Å². The lowest BCUT2D eigenvalue weighted by Gasteiger charge is -2.30. The van der Waals surface area contributed by atoms with Gasteiger partial charge >= 0.3 is 0 Å². The molecular weight excluding hydrogens is 324 g/mol. The van der Waals surface area contributed by atoms with Crippen molar-refractivity contribution in [1.29, 1.82) is 0 Å². The van der Waals surface area contributed by atoms with Crippen LogP contribution in [0, 0.1) is 0 Å². The van der Waals surface area contributed by atoms with Gasteiger partial charge in [0.2, 0.25) is 0 Å². The number of hydrogen-bond donors (Lipinski definition) is 2. The van der Waals surface area contributed by atoms with Gasteiger partial charge in [-0.15, -0.1) is 10.2 Å². The highest BCUT2D eigenvalue weighted by Gasteiger charge is 2.24. The van der Waals surface area contributed by atoms with Gasteiger partial charge in [-0.1, -0.05) is 30.4 Å². The second kappa shape index (κ2) is 7.72. The van der Waals surface area contributed by atoms with E-state index in [1.807, 2.05) is 24.3 Å². The first-order valence-electron chi connectivity index (χ1n) is 8.29. The summed E-state index contributed by atoms with van der Waals surface area (Å²) in [6.45, 7) is 3.70. The predicted octanol–water partition coefficient (Wildman–Crippen LogP) is 2.31. The molecule has 2 N–H and O–H groups in total. The van der Waals surface area contributed by atoms with Gasteiger partial charge in [0, 0.05) is 18.8 Å². The number of aliphatic hydroxyl groups excluding tert-OH is 1. The molecule has 2 aromatic rings. The Labute approximate surface area is 145 Å². The zero-order valence-corrected chi connectivity index (χ0v) is 14.6. The summed E-state index contributed by atoms with van der Waals surface area (Å²) in [5.74, 6) is -0.0386. The highest BCUT2D eigenvalue weighted by atomic mass is 32.1. The van der Waals surface area contributed by atoms with Crippen LogP contribution < -0.4 is 5.32 Å². The number of carbonyl (C=O) groups excluding carboxylic acids is 1. The monoisotopic (exact) mass is 346 g/mol. The number of anilines is 1. The summed E-state index contributed by atoms with van der Waals surface area (Å²) in [4.78, 5) is 14.5. The molecule has 1 saturated heterocycles. The lowest BCUT2D eigenvalue weighted by atomic mass is 10.1. The first kappa shape index (κ1) is 16.9. The van der Waals surface area contributed by atoms with Crippen LogP contribution in [-0.4, -0.2) is 45.3 Å². The number of carbonyl (C=O) groups is 1. The summed E-state index contributed by atoms with van der Waals surface area (Å²) in [7, 11) is 0. The zero-order valence-electron chi connectivity index (χ0n) is 13.7. The van der Waals surface area contributed by atoms with Crippen LogP contribution >= 0.6 is 11.3 Å². The van der Waals surface area contributed by atoms with Crippen molar-refractivity contribution < 1.29 is 9.90 Å². The Balaban J connectivity index is 1.71. The number of β-amino-alcohol motifs (C(OH)–C–C–N with tert-alkyl or cyclic N) is 1. The van der Waals surface area contributed by atoms with Gasteiger partial charge in [-0.2, -0.15) is 0 Å². The first-order valence-corrected chi connectivity index (χ1v) is 9.10. The minimum atomic E-state index is -0.420. The summed E-state index contributed by atoms with van der Waals surface area (Å²) >= 11 is 1.58. The van der Waals surface area contributed by atoms with Gasteiger partial charge in [0.05, 0.1) is 18.2 Å². The van der Waals surface area contributed by atoms with E-state index in [-0.39, 0.29) is 5.91 Å². The maximum absolute atomic E-state index is 12.8. The van der Waals surface area contributed by atoms with E-state index in [9.17, 15) is 9.90 Å². The topological polar surface area (TPSA) is 78.4 Å². The van der Waals surface area contributed by atoms with Crippen molar-refractivity contribution in [2.45, 2.75) is 38.8 Å². The Morgan fingerprint density at radius 3 is 2.92 bits per heavy atom. The van der Waals surface area contributed by atoms with Crippen molar-refractivity contribution in [2.24, 2.45) is 0 Å². The Kier molecular flexibility index (Phi) is 5.42. The average Bonchev–Trinajstić information content (AvgIpc) is 3.08. The van der Waals surface area contributed by atoms with E-state index in [0.29, 0.717) is 25.2 Å². The molecule has 1 atom stereocenters. The Bertz CT molecular complexity index is 703. The number of likely N-dealkylation sites (tertiary alicyclic amines) is 1. The normalized spacial score (nSPS) is 17.8. The van der Waals surface area contributed by atoms with Crippen LogP contribution in [0.25, 0.3) is 0 Å². The number of aliphatic hydroxyl groups is 1. The van der Waals surface area contributed by atoms with Crippen molar-refractivity contribution in [3.63, 3.8) is 0 Å². The summed E-state index contributed by atoms with van der Waals surface area (Å²) in [6, 6.07) is 7.49. The molecule has 0 aliphatic carbocycles. The number of piperidine rings is 1. The van der Waals surface area contributed by atoms with Gasteiger partial charge in [-0.3, -0.25) is 4.79 Å². The predicted molar refractivity (Wildman–Crippen MR) is 94.2 cm³/mol. The van der Waals surface area contributed by atoms with Crippen LogP contribution in [0.1, 0.15) is 40.1 Å². The highest BCUT2D eigenvalue weighted by molar-refractivity contribution is 7.11. The second-order valence-corrected chi connectivity index (χ2v) is 7.04. The number of amides is 1. The van der Waals surface area contributed by atoms with E-state index in [1.54, 1.807) is 16.2 Å². The number of para-hydroxylation sites is 1. The molecule has 0 spiro atoms. The first-order chi connectivity index (χ1) is 11.7. The van der Waals surface area contributed by atoms with Crippen LogP contribution in [0.5, 0.6) is 0 Å². The molecule has 2 heterocycles. The van der Waals surface area contributed by atoms with E-state index < -0.39 is 6.10 Å². The van der Waals surface area contributed by atoms with Crippen LogP contribution in [0.2, 0.25) is 0 Å². The fourth-order valence-corrected chi connectivity index (χ4v) is 3.53. The fraction of sp³-hybridized carbons (Fsp3) is 0.471. The van der Waals surface area contributed by atoms with Crippen molar-refractivity contribution in [2.75, 3.05) is 18.4 Å². The summed E-state index contributed by atoms with van der Waals surface area (Å²) in [5, 5.41) is 23.3. The summed E-state index contributed by atoms with van der Waals surface area (Å²) < 4.78 is 0. The molecule has 6 nitrogen and oxygen atoms in total. The largest absolute Gasteiger partial charge is 0.391 e. The maximum atomic E-state index is 12.8. The number of aromatic nitrogens is 2. The van der Waals surface area contributed by atoms with Gasteiger partial charge in [-0.05, 0) is 31.4 Å². The van der Waals surface area contributed by atoms with Crippen molar-refractivity contribution in [1.82, 2.24) is 15.1 Å². The lowest BCUT2D eigenvalue weighted by Crippen LogP contribution is -2.42. The van der Waals surface area contributed by atoms with Crippen LogP contribution in [0.4, 0.5) is 5.69 Å². The molecule has 7 heteroatoms. The Morgan fingerprint density at radius 1 is 1.38 bits per heavy atom. The van der Waals surface area contributed by atoms with E-state index >= 15 is 0 Å². The minimum absolute atomic E-state index is 0.0386. The van der Waals surface area contributed by atoms with Crippen LogP contribution in [0.3, 0.4) is 0 Å².